The normalized spacial score (nSPS) is 12.7. The zero-order valence-electron chi connectivity index (χ0n) is 13.1. The molecule has 23 heavy (non-hydrogen) atoms. The second kappa shape index (κ2) is 10.6. The Kier molecular flexibility index (Phi) is 9.16. The van der Waals surface area contributed by atoms with Crippen LogP contribution in [0.1, 0.15) is 20.3 Å². The molecule has 0 aliphatic heterocycles. The van der Waals surface area contributed by atoms with Crippen LogP contribution in [0.4, 0.5) is 0 Å². The van der Waals surface area contributed by atoms with E-state index < -0.39 is 0 Å². The lowest BCUT2D eigenvalue weighted by molar-refractivity contribution is 0.0854. The molecule has 0 spiro atoms. The predicted molar refractivity (Wildman–Crippen MR) is 99.3 cm³/mol. The van der Waals surface area contributed by atoms with Gasteiger partial charge in [-0.15, -0.1) is 11.8 Å². The molecule has 128 valence electrons. The molecule has 0 unspecified atom stereocenters. The summed E-state index contributed by atoms with van der Waals surface area (Å²) in [4.78, 5) is 14.2. The molecular weight excluding hydrogens is 357 g/mol. The molecule has 0 aromatic heterocycles. The molecule has 0 atom stereocenters. The maximum Gasteiger partial charge on any atom is 0.221 e. The van der Waals surface area contributed by atoms with Crippen LogP contribution in [-0.4, -0.2) is 30.3 Å². The number of nitrogens with zero attached hydrogens (tertiary/aromatic N) is 2. The van der Waals surface area contributed by atoms with E-state index in [4.69, 9.17) is 39.5 Å². The highest BCUT2D eigenvalue weighted by atomic mass is 35.5. The third kappa shape index (κ3) is 8.90. The number of aliphatic imine (C=N–C) groups is 2. The predicted octanol–water partition coefficient (Wildman–Crippen LogP) is 3.03. The lowest BCUT2D eigenvalue weighted by atomic mass is 10.4. The number of hydroxylamine groups is 1. The highest BCUT2D eigenvalue weighted by molar-refractivity contribution is 7.99. The molecule has 1 aromatic rings. The summed E-state index contributed by atoms with van der Waals surface area (Å²) in [5.74, 6) is 1.06. The fourth-order valence-electron chi connectivity index (χ4n) is 1.45. The molecule has 0 amide bonds. The summed E-state index contributed by atoms with van der Waals surface area (Å²) in [5, 5.41) is 1.11. The number of guanidine groups is 2. The summed E-state index contributed by atoms with van der Waals surface area (Å²) in [6.45, 7) is 4.27. The van der Waals surface area contributed by atoms with E-state index >= 15 is 0 Å². The first-order valence-electron chi connectivity index (χ1n) is 7.01. The second-order valence-electron chi connectivity index (χ2n) is 4.81. The average molecular weight is 378 g/mol. The Hall–Kier alpha value is -1.15. The topological polar surface area (TPSA) is 98.0 Å². The van der Waals surface area contributed by atoms with Crippen molar-refractivity contribution in [2.75, 3.05) is 12.4 Å². The number of hydrogen-bond acceptors (Lipinski definition) is 3. The van der Waals surface area contributed by atoms with Crippen LogP contribution >= 0.6 is 35.0 Å². The molecule has 1 rings (SSSR count). The van der Waals surface area contributed by atoms with E-state index in [1.165, 1.54) is 0 Å². The number of nitrogens with two attached hydrogens (primary N) is 2. The van der Waals surface area contributed by atoms with Crippen molar-refractivity contribution < 1.29 is 4.84 Å². The number of rotatable bonds is 7. The number of hydrogen-bond donors (Lipinski definition) is 3. The van der Waals surface area contributed by atoms with Gasteiger partial charge in [0.25, 0.3) is 0 Å². The van der Waals surface area contributed by atoms with Gasteiger partial charge in [-0.25, -0.2) is 10.5 Å². The largest absolute Gasteiger partial charge is 0.368 e. The van der Waals surface area contributed by atoms with Crippen LogP contribution in [0.3, 0.4) is 0 Å². The summed E-state index contributed by atoms with van der Waals surface area (Å²) in [6, 6.07) is 5.62. The Morgan fingerprint density at radius 2 is 2.04 bits per heavy atom. The zero-order valence-corrected chi connectivity index (χ0v) is 15.4. The minimum atomic E-state index is 0.0610. The van der Waals surface area contributed by atoms with Crippen molar-refractivity contribution in [3.63, 3.8) is 0 Å². The smallest absolute Gasteiger partial charge is 0.221 e. The quantitative estimate of drug-likeness (QED) is 0.223. The number of benzene rings is 1. The molecule has 0 bridgehead atoms. The molecule has 0 fully saturated rings. The van der Waals surface area contributed by atoms with Crippen LogP contribution < -0.4 is 16.9 Å². The van der Waals surface area contributed by atoms with Gasteiger partial charge in [0.05, 0.1) is 16.7 Å². The Morgan fingerprint density at radius 1 is 1.30 bits per heavy atom. The van der Waals surface area contributed by atoms with Gasteiger partial charge in [-0.2, -0.15) is 4.99 Å². The first kappa shape index (κ1) is 19.9. The fraction of sp³-hybridized carbons (Fsp3) is 0.429. The number of halogens is 2. The van der Waals surface area contributed by atoms with E-state index in [-0.39, 0.29) is 18.0 Å². The van der Waals surface area contributed by atoms with Gasteiger partial charge in [0.1, 0.15) is 0 Å². The van der Waals surface area contributed by atoms with Crippen molar-refractivity contribution in [1.82, 2.24) is 5.48 Å². The number of thioether (sulfide) groups is 1. The van der Waals surface area contributed by atoms with E-state index in [0.717, 1.165) is 17.1 Å². The van der Waals surface area contributed by atoms with Gasteiger partial charge in [-0.05, 0) is 38.5 Å². The van der Waals surface area contributed by atoms with Crippen molar-refractivity contribution in [3.8, 4) is 0 Å². The van der Waals surface area contributed by atoms with Gasteiger partial charge < -0.3 is 11.5 Å². The number of nitrogens with one attached hydrogen (secondary N) is 1. The maximum absolute atomic E-state index is 5.96. The van der Waals surface area contributed by atoms with E-state index in [1.54, 1.807) is 17.8 Å². The van der Waals surface area contributed by atoms with Crippen LogP contribution in [0.15, 0.2) is 33.1 Å². The SMILES string of the molecule is CC(C)N=C(N)/N=C(\N)NOCCCSc1ccc(Cl)c(Cl)c1. The Balaban J connectivity index is 2.20. The van der Waals surface area contributed by atoms with E-state index in [9.17, 15) is 0 Å². The van der Waals surface area contributed by atoms with Crippen LogP contribution in [0.5, 0.6) is 0 Å². The molecule has 6 nitrogen and oxygen atoms in total. The van der Waals surface area contributed by atoms with Crippen molar-refractivity contribution in [3.05, 3.63) is 28.2 Å². The molecule has 0 saturated carbocycles. The molecule has 5 N–H and O–H groups in total. The van der Waals surface area contributed by atoms with Gasteiger partial charge in [-0.3, -0.25) is 4.84 Å². The van der Waals surface area contributed by atoms with E-state index in [1.807, 2.05) is 26.0 Å². The van der Waals surface area contributed by atoms with Gasteiger partial charge in [0.2, 0.25) is 11.9 Å². The summed E-state index contributed by atoms with van der Waals surface area (Å²) >= 11 is 13.5. The minimum absolute atomic E-state index is 0.0610. The summed E-state index contributed by atoms with van der Waals surface area (Å²) < 4.78 is 0. The van der Waals surface area contributed by atoms with Crippen LogP contribution in [0.25, 0.3) is 0 Å². The molecule has 0 radical (unpaired) electrons. The highest BCUT2D eigenvalue weighted by Crippen LogP contribution is 2.28. The highest BCUT2D eigenvalue weighted by Gasteiger charge is 2.00. The third-order valence-electron chi connectivity index (χ3n) is 2.35. The van der Waals surface area contributed by atoms with Crippen molar-refractivity contribution >= 4 is 46.9 Å². The van der Waals surface area contributed by atoms with E-state index in [2.05, 4.69) is 15.5 Å². The lowest BCUT2D eigenvalue weighted by Crippen LogP contribution is -2.34. The maximum atomic E-state index is 5.96. The summed E-state index contributed by atoms with van der Waals surface area (Å²) in [7, 11) is 0. The average Bonchev–Trinajstić information content (AvgIpc) is 2.45. The molecule has 1 aromatic carbocycles. The van der Waals surface area contributed by atoms with Crippen molar-refractivity contribution in [2.24, 2.45) is 21.5 Å². The second-order valence-corrected chi connectivity index (χ2v) is 6.79. The molecular formula is C14H21Cl2N5OS. The molecule has 0 aliphatic carbocycles. The fourth-order valence-corrected chi connectivity index (χ4v) is 2.68. The Morgan fingerprint density at radius 3 is 2.70 bits per heavy atom. The van der Waals surface area contributed by atoms with Crippen LogP contribution in [0, 0.1) is 0 Å². The standard InChI is InChI=1S/C14H21Cl2N5OS/c1-9(2)19-13(17)20-14(18)21-22-6-3-7-23-10-4-5-11(15)12(16)8-10/h4-5,8-9H,3,6-7H2,1-2H3,(H5,17,18,19,20,21). The van der Waals surface area contributed by atoms with Crippen molar-refractivity contribution in [1.29, 1.82) is 0 Å². The molecule has 0 aliphatic rings. The first-order valence-corrected chi connectivity index (χ1v) is 8.75. The Bertz CT molecular complexity index is 566. The molecule has 0 saturated heterocycles. The van der Waals surface area contributed by atoms with Gasteiger partial charge in [0.15, 0.2) is 0 Å². The van der Waals surface area contributed by atoms with Crippen LogP contribution in [-0.2, 0) is 4.84 Å². The molecule has 9 heteroatoms. The van der Waals surface area contributed by atoms with E-state index in [0.29, 0.717) is 16.7 Å². The van der Waals surface area contributed by atoms with Gasteiger partial charge >= 0.3 is 0 Å². The lowest BCUT2D eigenvalue weighted by Gasteiger charge is -2.07. The first-order chi connectivity index (χ1) is 10.9. The van der Waals surface area contributed by atoms with Gasteiger partial charge in [0, 0.05) is 16.7 Å². The third-order valence-corrected chi connectivity index (χ3v) is 4.17. The Labute approximate surface area is 150 Å². The minimum Gasteiger partial charge on any atom is -0.368 e. The summed E-state index contributed by atoms with van der Waals surface area (Å²) in [6.07, 6.45) is 0.820. The van der Waals surface area contributed by atoms with Gasteiger partial charge in [-0.1, -0.05) is 23.2 Å². The van der Waals surface area contributed by atoms with Crippen LogP contribution in [0.2, 0.25) is 10.0 Å². The summed E-state index contributed by atoms with van der Waals surface area (Å²) in [5.41, 5.74) is 13.7. The monoisotopic (exact) mass is 377 g/mol. The van der Waals surface area contributed by atoms with Crippen molar-refractivity contribution in [2.45, 2.75) is 31.2 Å². The molecule has 0 heterocycles. The zero-order chi connectivity index (χ0) is 17.2.